The highest BCUT2D eigenvalue weighted by Crippen LogP contribution is 2.30. The standard InChI is InChI=1S/C22H19NO3/c1-22(2,3)16-7-4-14(5-8-16)21-23-18-12-15(6-10-20(18)26-21)19-11-9-17(13-24)25-19/h4-13H,1-3H3. The number of carbonyl (C=O) groups excluding carboxylic acids is 1. The summed E-state index contributed by atoms with van der Waals surface area (Å²) in [5.74, 6) is 1.53. The Balaban J connectivity index is 1.70. The molecule has 0 atom stereocenters. The average Bonchev–Trinajstić information content (AvgIpc) is 3.27. The lowest BCUT2D eigenvalue weighted by Crippen LogP contribution is -2.10. The maximum absolute atomic E-state index is 10.8. The summed E-state index contributed by atoms with van der Waals surface area (Å²) in [7, 11) is 0. The summed E-state index contributed by atoms with van der Waals surface area (Å²) in [6, 6.07) is 17.4. The van der Waals surface area contributed by atoms with Crippen LogP contribution in [0.15, 0.2) is 63.4 Å². The fourth-order valence-electron chi connectivity index (χ4n) is 2.89. The van der Waals surface area contributed by atoms with Gasteiger partial charge in [0.1, 0.15) is 11.3 Å². The molecule has 4 rings (SSSR count). The van der Waals surface area contributed by atoms with Crippen LogP contribution in [0, 0.1) is 0 Å². The molecular formula is C22H19NO3. The number of fused-ring (bicyclic) bond motifs is 1. The molecule has 4 nitrogen and oxygen atoms in total. The molecule has 0 aliphatic carbocycles. The quantitative estimate of drug-likeness (QED) is 0.436. The SMILES string of the molecule is CC(C)(C)c1ccc(-c2nc3cc(-c4ccc(C=O)o4)ccc3o2)cc1. The van der Waals surface area contributed by atoms with Crippen LogP contribution in [0.25, 0.3) is 33.9 Å². The third kappa shape index (κ3) is 2.94. The molecule has 26 heavy (non-hydrogen) atoms. The third-order valence-corrected chi connectivity index (χ3v) is 4.41. The van der Waals surface area contributed by atoms with Crippen LogP contribution in [0.4, 0.5) is 0 Å². The summed E-state index contributed by atoms with van der Waals surface area (Å²) in [6.45, 7) is 6.56. The second-order valence-corrected chi connectivity index (χ2v) is 7.35. The summed E-state index contributed by atoms with van der Waals surface area (Å²) in [4.78, 5) is 15.4. The van der Waals surface area contributed by atoms with E-state index in [0.29, 0.717) is 29.3 Å². The van der Waals surface area contributed by atoms with E-state index in [0.717, 1.165) is 16.6 Å². The highest BCUT2D eigenvalue weighted by Gasteiger charge is 2.15. The Labute approximate surface area is 151 Å². The van der Waals surface area contributed by atoms with E-state index in [1.807, 2.05) is 30.3 Å². The predicted molar refractivity (Wildman–Crippen MR) is 101 cm³/mol. The zero-order valence-electron chi connectivity index (χ0n) is 14.9. The molecule has 0 amide bonds. The first-order valence-corrected chi connectivity index (χ1v) is 8.51. The smallest absolute Gasteiger partial charge is 0.227 e. The molecule has 0 saturated carbocycles. The van der Waals surface area contributed by atoms with E-state index in [1.54, 1.807) is 12.1 Å². The number of hydrogen-bond donors (Lipinski definition) is 0. The summed E-state index contributed by atoms with van der Waals surface area (Å²) < 4.78 is 11.4. The number of carbonyl (C=O) groups is 1. The van der Waals surface area contributed by atoms with Crippen LogP contribution < -0.4 is 0 Å². The number of aldehydes is 1. The number of rotatable bonds is 3. The van der Waals surface area contributed by atoms with Crippen LogP contribution in [0.1, 0.15) is 36.9 Å². The largest absolute Gasteiger partial charge is 0.453 e. The first-order chi connectivity index (χ1) is 12.4. The molecule has 0 bridgehead atoms. The van der Waals surface area contributed by atoms with Gasteiger partial charge in [-0.05, 0) is 53.4 Å². The average molecular weight is 345 g/mol. The van der Waals surface area contributed by atoms with Gasteiger partial charge < -0.3 is 8.83 Å². The Morgan fingerprint density at radius 1 is 0.885 bits per heavy atom. The highest BCUT2D eigenvalue weighted by molar-refractivity contribution is 5.82. The van der Waals surface area contributed by atoms with Gasteiger partial charge in [0, 0.05) is 11.1 Å². The van der Waals surface area contributed by atoms with Gasteiger partial charge in [-0.15, -0.1) is 0 Å². The molecule has 130 valence electrons. The Kier molecular flexibility index (Phi) is 3.76. The highest BCUT2D eigenvalue weighted by atomic mass is 16.4. The lowest BCUT2D eigenvalue weighted by Gasteiger charge is -2.18. The number of hydrogen-bond acceptors (Lipinski definition) is 4. The van der Waals surface area contributed by atoms with E-state index < -0.39 is 0 Å². The number of nitrogens with zero attached hydrogens (tertiary/aromatic N) is 1. The van der Waals surface area contributed by atoms with Crippen molar-refractivity contribution in [1.82, 2.24) is 4.98 Å². The zero-order valence-corrected chi connectivity index (χ0v) is 14.9. The summed E-state index contributed by atoms with van der Waals surface area (Å²) in [5, 5.41) is 0. The molecule has 0 saturated heterocycles. The van der Waals surface area contributed by atoms with Crippen LogP contribution in [-0.2, 0) is 5.41 Å². The van der Waals surface area contributed by atoms with E-state index in [-0.39, 0.29) is 5.41 Å². The minimum atomic E-state index is 0.109. The molecule has 0 unspecified atom stereocenters. The van der Waals surface area contributed by atoms with Crippen molar-refractivity contribution in [2.24, 2.45) is 0 Å². The summed E-state index contributed by atoms with van der Waals surface area (Å²) in [6.07, 6.45) is 0.692. The fourth-order valence-corrected chi connectivity index (χ4v) is 2.89. The van der Waals surface area contributed by atoms with Crippen molar-refractivity contribution in [2.75, 3.05) is 0 Å². The summed E-state index contributed by atoms with van der Waals surface area (Å²) >= 11 is 0. The molecule has 0 aliphatic heterocycles. The van der Waals surface area contributed by atoms with Crippen LogP contribution >= 0.6 is 0 Å². The van der Waals surface area contributed by atoms with Gasteiger partial charge in [-0.3, -0.25) is 4.79 Å². The van der Waals surface area contributed by atoms with Crippen molar-refractivity contribution in [3.8, 4) is 22.8 Å². The van der Waals surface area contributed by atoms with E-state index in [4.69, 9.17) is 8.83 Å². The Bertz CT molecular complexity index is 1080. The second kappa shape index (κ2) is 5.99. The van der Waals surface area contributed by atoms with Crippen LogP contribution in [-0.4, -0.2) is 11.3 Å². The van der Waals surface area contributed by atoms with Gasteiger partial charge in [0.05, 0.1) is 0 Å². The van der Waals surface area contributed by atoms with Gasteiger partial charge in [-0.2, -0.15) is 0 Å². The Morgan fingerprint density at radius 2 is 1.62 bits per heavy atom. The molecule has 0 radical (unpaired) electrons. The molecule has 4 heteroatoms. The van der Waals surface area contributed by atoms with Crippen molar-refractivity contribution in [1.29, 1.82) is 0 Å². The number of oxazole rings is 1. The number of benzene rings is 2. The van der Waals surface area contributed by atoms with Crippen molar-refractivity contribution < 1.29 is 13.6 Å². The van der Waals surface area contributed by atoms with Gasteiger partial charge >= 0.3 is 0 Å². The van der Waals surface area contributed by atoms with E-state index >= 15 is 0 Å². The number of furan rings is 1. The first kappa shape index (κ1) is 16.3. The van der Waals surface area contributed by atoms with E-state index in [9.17, 15) is 4.79 Å². The molecule has 2 aromatic heterocycles. The van der Waals surface area contributed by atoms with Gasteiger partial charge in [0.15, 0.2) is 17.6 Å². The van der Waals surface area contributed by atoms with E-state index in [1.165, 1.54) is 5.56 Å². The zero-order chi connectivity index (χ0) is 18.3. The van der Waals surface area contributed by atoms with Crippen LogP contribution in [0.5, 0.6) is 0 Å². The van der Waals surface area contributed by atoms with Crippen molar-refractivity contribution >= 4 is 17.4 Å². The Hall–Kier alpha value is -3.14. The Morgan fingerprint density at radius 3 is 2.27 bits per heavy atom. The van der Waals surface area contributed by atoms with Gasteiger partial charge in [-0.25, -0.2) is 4.98 Å². The normalized spacial score (nSPS) is 11.8. The lowest BCUT2D eigenvalue weighted by atomic mass is 9.87. The predicted octanol–water partition coefficient (Wildman–Crippen LogP) is 5.86. The topological polar surface area (TPSA) is 56.2 Å². The summed E-state index contributed by atoms with van der Waals surface area (Å²) in [5.41, 5.74) is 4.64. The molecule has 2 aromatic carbocycles. The monoisotopic (exact) mass is 345 g/mol. The molecule has 4 aromatic rings. The molecule has 2 heterocycles. The second-order valence-electron chi connectivity index (χ2n) is 7.35. The van der Waals surface area contributed by atoms with Gasteiger partial charge in [0.25, 0.3) is 0 Å². The van der Waals surface area contributed by atoms with Crippen molar-refractivity contribution in [3.63, 3.8) is 0 Å². The lowest BCUT2D eigenvalue weighted by molar-refractivity contribution is 0.110. The minimum absolute atomic E-state index is 0.109. The molecule has 0 spiro atoms. The van der Waals surface area contributed by atoms with Crippen LogP contribution in [0.2, 0.25) is 0 Å². The molecule has 0 aliphatic rings. The van der Waals surface area contributed by atoms with E-state index in [2.05, 4.69) is 37.9 Å². The molecular weight excluding hydrogens is 326 g/mol. The maximum Gasteiger partial charge on any atom is 0.227 e. The van der Waals surface area contributed by atoms with Crippen molar-refractivity contribution in [3.05, 3.63) is 65.9 Å². The third-order valence-electron chi connectivity index (χ3n) is 4.41. The number of aromatic nitrogens is 1. The van der Waals surface area contributed by atoms with Crippen LogP contribution in [0.3, 0.4) is 0 Å². The minimum Gasteiger partial charge on any atom is -0.453 e. The maximum atomic E-state index is 10.8. The first-order valence-electron chi connectivity index (χ1n) is 8.51. The van der Waals surface area contributed by atoms with Crippen molar-refractivity contribution in [2.45, 2.75) is 26.2 Å². The molecule has 0 N–H and O–H groups in total. The van der Waals surface area contributed by atoms with Gasteiger partial charge in [-0.1, -0.05) is 32.9 Å². The molecule has 0 fully saturated rings. The fraction of sp³-hybridized carbons (Fsp3) is 0.182. The van der Waals surface area contributed by atoms with Gasteiger partial charge in [0.2, 0.25) is 5.89 Å².